The van der Waals surface area contributed by atoms with Crippen molar-refractivity contribution in [2.75, 3.05) is 6.61 Å². The van der Waals surface area contributed by atoms with Crippen molar-refractivity contribution in [3.8, 4) is 0 Å². The van der Waals surface area contributed by atoms with Crippen molar-refractivity contribution >= 4 is 5.84 Å². The minimum atomic E-state index is 0.375. The Hall–Kier alpha value is -1.11. The molecule has 1 rings (SSSR count). The Morgan fingerprint density at radius 2 is 2.71 bits per heavy atom. The maximum Gasteiger partial charge on any atom is 0.486 e. The van der Waals surface area contributed by atoms with Crippen LogP contribution < -0.4 is 0 Å². The van der Waals surface area contributed by atoms with Crippen LogP contribution in [0.1, 0.15) is 6.42 Å². The molecule has 0 saturated heterocycles. The highest BCUT2D eigenvalue weighted by molar-refractivity contribution is 5.90. The highest BCUT2D eigenvalue weighted by atomic mass is 16.6. The van der Waals surface area contributed by atoms with E-state index in [1.54, 1.807) is 0 Å². The van der Waals surface area contributed by atoms with E-state index in [1.807, 2.05) is 0 Å². The Kier molecular flexibility index (Phi) is 0.904. The number of amidine groups is 1. The number of nitrogens with zero attached hydrogens (tertiary/aromatic N) is 3. The summed E-state index contributed by atoms with van der Waals surface area (Å²) in [7, 11) is 0. The molecule has 0 fully saturated rings. The summed E-state index contributed by atoms with van der Waals surface area (Å²) in [6.45, 7) is 0.541. The van der Waals surface area contributed by atoms with Crippen molar-refractivity contribution in [1.29, 1.82) is 5.39 Å². The Morgan fingerprint density at radius 3 is 3.00 bits per heavy atom. The van der Waals surface area contributed by atoms with E-state index in [0.29, 0.717) is 18.9 Å². The highest BCUT2D eigenvalue weighted by Crippen LogP contribution is 1.98. The molecule has 0 spiro atoms. The number of diazo groups is 1. The minimum absolute atomic E-state index is 0.375. The van der Waals surface area contributed by atoms with E-state index in [2.05, 4.69) is 15.0 Å². The third kappa shape index (κ3) is 0.656. The lowest BCUT2D eigenvalue weighted by molar-refractivity contribution is 0.174. The second-order valence-corrected chi connectivity index (χ2v) is 1.19. The summed E-state index contributed by atoms with van der Waals surface area (Å²) in [6.07, 6.45) is 0.622. The monoisotopic (exact) mass is 98.0 g/mol. The molecule has 0 radical (unpaired) electrons. The number of hydrogen-bond acceptors (Lipinski definition) is 3. The van der Waals surface area contributed by atoms with Crippen LogP contribution in [0, 0.1) is 5.39 Å². The molecular weight excluding hydrogens is 94.1 g/mol. The smallest absolute Gasteiger partial charge is 0.297 e. The summed E-state index contributed by atoms with van der Waals surface area (Å²) in [4.78, 5) is 7.29. The lowest BCUT2D eigenvalue weighted by Crippen LogP contribution is -1.82. The van der Waals surface area contributed by atoms with Gasteiger partial charge in [0, 0.05) is 4.98 Å². The van der Waals surface area contributed by atoms with Crippen LogP contribution >= 0.6 is 0 Å². The summed E-state index contributed by atoms with van der Waals surface area (Å²) in [5.74, 6) is 0.375. The molecule has 0 aromatic heterocycles. The van der Waals surface area contributed by atoms with Gasteiger partial charge in [-0.15, -0.1) is 0 Å². The van der Waals surface area contributed by atoms with Crippen molar-refractivity contribution in [2.24, 2.45) is 5.16 Å². The van der Waals surface area contributed by atoms with Crippen LogP contribution in [-0.4, -0.2) is 12.4 Å². The van der Waals surface area contributed by atoms with E-state index in [9.17, 15) is 0 Å². The van der Waals surface area contributed by atoms with Crippen LogP contribution in [0.15, 0.2) is 5.16 Å². The van der Waals surface area contributed by atoms with Gasteiger partial charge in [-0.2, -0.15) is 0 Å². The van der Waals surface area contributed by atoms with Gasteiger partial charge in [0.2, 0.25) is 0 Å². The fourth-order valence-electron chi connectivity index (χ4n) is 0.371. The summed E-state index contributed by atoms with van der Waals surface area (Å²) < 4.78 is 0. The van der Waals surface area contributed by atoms with Crippen molar-refractivity contribution in [2.45, 2.75) is 6.42 Å². The Balaban J connectivity index is 2.57. The first-order valence-electron chi connectivity index (χ1n) is 1.97. The van der Waals surface area contributed by atoms with Crippen molar-refractivity contribution in [3.05, 3.63) is 4.98 Å². The predicted octanol–water partition coefficient (Wildman–Crippen LogP) is 0.573. The first kappa shape index (κ1) is 4.06. The maximum absolute atomic E-state index is 7.98. The van der Waals surface area contributed by atoms with Crippen molar-refractivity contribution in [1.82, 2.24) is 0 Å². The molecular formula is C3H4N3O+. The van der Waals surface area contributed by atoms with Gasteiger partial charge in [-0.3, -0.25) is 4.84 Å². The van der Waals surface area contributed by atoms with Gasteiger partial charge in [-0.25, -0.2) is 0 Å². The molecule has 7 heavy (non-hydrogen) atoms. The van der Waals surface area contributed by atoms with Gasteiger partial charge < -0.3 is 0 Å². The maximum atomic E-state index is 7.98. The van der Waals surface area contributed by atoms with Gasteiger partial charge in [0.25, 0.3) is 0 Å². The van der Waals surface area contributed by atoms with Crippen LogP contribution in [-0.2, 0) is 4.84 Å². The third-order valence-corrected chi connectivity index (χ3v) is 0.702. The average molecular weight is 98.1 g/mol. The highest BCUT2D eigenvalue weighted by Gasteiger charge is 2.19. The lowest BCUT2D eigenvalue weighted by atomic mass is 10.4. The molecule has 0 aromatic rings. The van der Waals surface area contributed by atoms with Crippen LogP contribution in [0.2, 0.25) is 0 Å². The van der Waals surface area contributed by atoms with Gasteiger partial charge in [-0.05, 0) is 0 Å². The van der Waals surface area contributed by atoms with E-state index < -0.39 is 0 Å². The SMILES string of the molecule is N#[N+]C1=NOCC1. The zero-order valence-electron chi connectivity index (χ0n) is 3.66. The molecule has 0 N–H and O–H groups in total. The largest absolute Gasteiger partial charge is 0.486 e. The number of rotatable bonds is 0. The van der Waals surface area contributed by atoms with E-state index in [-0.39, 0.29) is 0 Å². The Morgan fingerprint density at radius 1 is 1.86 bits per heavy atom. The molecule has 0 atom stereocenters. The zero-order valence-corrected chi connectivity index (χ0v) is 3.66. The normalized spacial score (nSPS) is 17.3. The molecule has 0 saturated carbocycles. The Labute approximate surface area is 40.4 Å². The topological polar surface area (TPSA) is 49.7 Å². The molecule has 1 aliphatic rings. The van der Waals surface area contributed by atoms with Crippen LogP contribution in [0.4, 0.5) is 0 Å². The van der Waals surface area contributed by atoms with Crippen LogP contribution in [0.5, 0.6) is 0 Å². The second kappa shape index (κ2) is 1.56. The van der Waals surface area contributed by atoms with Gasteiger partial charge in [0.05, 0.1) is 5.39 Å². The van der Waals surface area contributed by atoms with E-state index in [0.717, 1.165) is 0 Å². The average Bonchev–Trinajstić information content (AvgIpc) is 2.14. The molecule has 4 nitrogen and oxygen atoms in total. The minimum Gasteiger partial charge on any atom is -0.297 e. The molecule has 0 aromatic carbocycles. The standard InChI is InChI=1S/C3H4N3O/c4-5-3-1-2-7-6-3/h1-2H2/q+1. The molecule has 0 amide bonds. The van der Waals surface area contributed by atoms with Gasteiger partial charge in [0.1, 0.15) is 6.42 Å². The first-order valence-corrected chi connectivity index (χ1v) is 1.97. The summed E-state index contributed by atoms with van der Waals surface area (Å²) in [5, 5.41) is 11.3. The van der Waals surface area contributed by atoms with Crippen molar-refractivity contribution < 1.29 is 4.84 Å². The first-order chi connectivity index (χ1) is 3.43. The second-order valence-electron chi connectivity index (χ2n) is 1.19. The van der Waals surface area contributed by atoms with Gasteiger partial charge in [0.15, 0.2) is 11.8 Å². The van der Waals surface area contributed by atoms with Gasteiger partial charge in [-0.1, -0.05) is 0 Å². The molecule has 0 bridgehead atoms. The lowest BCUT2D eigenvalue weighted by Gasteiger charge is -1.66. The van der Waals surface area contributed by atoms with E-state index in [4.69, 9.17) is 5.39 Å². The fourth-order valence-corrected chi connectivity index (χ4v) is 0.371. The van der Waals surface area contributed by atoms with E-state index >= 15 is 0 Å². The molecule has 0 aliphatic carbocycles. The van der Waals surface area contributed by atoms with E-state index in [1.165, 1.54) is 0 Å². The summed E-state index contributed by atoms with van der Waals surface area (Å²) >= 11 is 0. The quantitative estimate of drug-likeness (QED) is 0.416. The third-order valence-electron chi connectivity index (χ3n) is 0.702. The van der Waals surface area contributed by atoms with Crippen LogP contribution in [0.3, 0.4) is 0 Å². The Bertz CT molecular complexity index is 134. The molecule has 36 valence electrons. The molecule has 1 aliphatic heterocycles. The molecule has 1 heterocycles. The molecule has 4 heteroatoms. The number of oxime groups is 1. The summed E-state index contributed by atoms with van der Waals surface area (Å²) in [6, 6.07) is 0. The van der Waals surface area contributed by atoms with Gasteiger partial charge >= 0.3 is 5.84 Å². The summed E-state index contributed by atoms with van der Waals surface area (Å²) in [5.41, 5.74) is 0. The molecule has 0 unspecified atom stereocenters. The van der Waals surface area contributed by atoms with Crippen LogP contribution in [0.25, 0.3) is 4.98 Å². The van der Waals surface area contributed by atoms with Crippen molar-refractivity contribution in [3.63, 3.8) is 0 Å². The zero-order chi connectivity index (χ0) is 5.11. The fraction of sp³-hybridized carbons (Fsp3) is 0.667. The predicted molar refractivity (Wildman–Crippen MR) is 23.1 cm³/mol. The number of hydrogen-bond donors (Lipinski definition) is 0.